The van der Waals surface area contributed by atoms with E-state index in [0.29, 0.717) is 22.8 Å². The quantitative estimate of drug-likeness (QED) is 0.474. The number of cyclic esters (lactones) is 1. The van der Waals surface area contributed by atoms with E-state index >= 15 is 0 Å². The standard InChI is InChI=1S/C29H42O6/c1-16(30)33-22-15-21-27(5)13-8-12-26(3,4)19(27)11-14-28(21,6)20-10-9-18-23(29(20,22)7)25(34-17(2)31)35-24(18)32/h9,19-23,25H,8,10-15H2,1-7H3/t19?,20?,21-,22+,23?,25-,27+,28+,29-/m1/s1. The number of fused-ring (bicyclic) bond motifs is 7. The van der Waals surface area contributed by atoms with Gasteiger partial charge in [0, 0.05) is 24.8 Å². The summed E-state index contributed by atoms with van der Waals surface area (Å²) in [6.07, 6.45) is 8.24. The van der Waals surface area contributed by atoms with E-state index in [0.717, 1.165) is 19.3 Å². The number of hydrogen-bond acceptors (Lipinski definition) is 6. The Kier molecular flexibility index (Phi) is 5.55. The molecule has 0 bridgehead atoms. The number of allylic oxidation sites excluding steroid dienone is 1. The van der Waals surface area contributed by atoms with E-state index in [1.54, 1.807) is 0 Å². The van der Waals surface area contributed by atoms with Crippen LogP contribution in [0, 0.1) is 45.3 Å². The summed E-state index contributed by atoms with van der Waals surface area (Å²) in [4.78, 5) is 37.2. The van der Waals surface area contributed by atoms with Gasteiger partial charge in [-0.1, -0.05) is 47.1 Å². The molecular formula is C29H42O6. The molecule has 6 nitrogen and oxygen atoms in total. The van der Waals surface area contributed by atoms with Crippen molar-refractivity contribution in [3.05, 3.63) is 11.6 Å². The predicted molar refractivity (Wildman–Crippen MR) is 130 cm³/mol. The minimum Gasteiger partial charge on any atom is -0.462 e. The van der Waals surface area contributed by atoms with Crippen molar-refractivity contribution < 1.29 is 28.6 Å². The highest BCUT2D eigenvalue weighted by Crippen LogP contribution is 2.74. The first-order valence-electron chi connectivity index (χ1n) is 13.5. The lowest BCUT2D eigenvalue weighted by atomic mass is 9.34. The lowest BCUT2D eigenvalue weighted by molar-refractivity contribution is -0.255. The van der Waals surface area contributed by atoms with Gasteiger partial charge in [-0.3, -0.25) is 9.59 Å². The monoisotopic (exact) mass is 486 g/mol. The summed E-state index contributed by atoms with van der Waals surface area (Å²) in [5.74, 6) is -0.392. The van der Waals surface area contributed by atoms with Crippen LogP contribution in [0.4, 0.5) is 0 Å². The van der Waals surface area contributed by atoms with Crippen LogP contribution >= 0.6 is 0 Å². The molecule has 0 amide bonds. The Morgan fingerprint density at radius 3 is 2.23 bits per heavy atom. The molecule has 194 valence electrons. The fourth-order valence-corrected chi connectivity index (χ4v) is 10.2. The van der Waals surface area contributed by atoms with Gasteiger partial charge in [-0.15, -0.1) is 0 Å². The number of hydrogen-bond donors (Lipinski definition) is 0. The van der Waals surface area contributed by atoms with Crippen LogP contribution in [0.2, 0.25) is 0 Å². The van der Waals surface area contributed by atoms with Crippen LogP contribution in [-0.4, -0.2) is 30.3 Å². The SMILES string of the molecule is CC(=O)O[C@@H]1OC(=O)C2=CCC3[C@@](C)(C21)[C@@H](OC(C)=O)C[C@@H]1[C@@]2(C)CCCC(C)(C)C2CC[C@@]31C. The Hall–Kier alpha value is -1.85. The number of carbonyl (C=O) groups is 3. The molecule has 0 aromatic heterocycles. The summed E-state index contributed by atoms with van der Waals surface area (Å²) < 4.78 is 17.3. The smallest absolute Gasteiger partial charge is 0.337 e. The summed E-state index contributed by atoms with van der Waals surface area (Å²) in [7, 11) is 0. The van der Waals surface area contributed by atoms with Crippen LogP contribution in [0.15, 0.2) is 11.6 Å². The maximum atomic E-state index is 12.8. The van der Waals surface area contributed by atoms with Gasteiger partial charge in [0.15, 0.2) is 0 Å². The van der Waals surface area contributed by atoms with Gasteiger partial charge in [-0.05, 0) is 72.5 Å². The van der Waals surface area contributed by atoms with Crippen molar-refractivity contribution >= 4 is 17.9 Å². The van der Waals surface area contributed by atoms with E-state index in [1.807, 2.05) is 6.08 Å². The van der Waals surface area contributed by atoms with Crippen LogP contribution < -0.4 is 0 Å². The molecule has 5 rings (SSSR count). The molecule has 1 aliphatic heterocycles. The minimum absolute atomic E-state index is 0.0263. The van der Waals surface area contributed by atoms with Crippen LogP contribution in [0.3, 0.4) is 0 Å². The molecule has 4 fully saturated rings. The Bertz CT molecular complexity index is 982. The zero-order valence-corrected chi connectivity index (χ0v) is 22.4. The summed E-state index contributed by atoms with van der Waals surface area (Å²) in [5.41, 5.74) is 0.514. The molecule has 1 saturated heterocycles. The topological polar surface area (TPSA) is 78.9 Å². The normalized spacial score (nSPS) is 47.7. The third-order valence-electron chi connectivity index (χ3n) is 11.4. The molecule has 5 aliphatic rings. The average molecular weight is 487 g/mol. The second kappa shape index (κ2) is 7.82. The van der Waals surface area contributed by atoms with E-state index in [9.17, 15) is 14.4 Å². The summed E-state index contributed by atoms with van der Waals surface area (Å²) in [5, 5.41) is 0. The summed E-state index contributed by atoms with van der Waals surface area (Å²) >= 11 is 0. The largest absolute Gasteiger partial charge is 0.462 e. The van der Waals surface area contributed by atoms with Crippen LogP contribution in [0.5, 0.6) is 0 Å². The lowest BCUT2D eigenvalue weighted by Crippen LogP contribution is -2.67. The lowest BCUT2D eigenvalue weighted by Gasteiger charge is -2.70. The number of carbonyl (C=O) groups excluding carboxylic acids is 3. The third-order valence-corrected chi connectivity index (χ3v) is 11.4. The molecule has 35 heavy (non-hydrogen) atoms. The van der Waals surface area contributed by atoms with Gasteiger partial charge >= 0.3 is 17.9 Å². The molecule has 3 unspecified atom stereocenters. The number of rotatable bonds is 2. The van der Waals surface area contributed by atoms with Crippen molar-refractivity contribution in [1.29, 1.82) is 0 Å². The molecule has 0 aromatic rings. The first-order valence-corrected chi connectivity index (χ1v) is 13.5. The van der Waals surface area contributed by atoms with Gasteiger partial charge in [0.2, 0.25) is 0 Å². The molecular weight excluding hydrogens is 444 g/mol. The second-order valence-corrected chi connectivity index (χ2v) is 13.5. The summed E-state index contributed by atoms with van der Waals surface area (Å²) in [6.45, 7) is 14.8. The highest BCUT2D eigenvalue weighted by molar-refractivity contribution is 5.92. The van der Waals surface area contributed by atoms with Crippen molar-refractivity contribution in [3.63, 3.8) is 0 Å². The molecule has 4 aliphatic carbocycles. The molecule has 3 saturated carbocycles. The fourth-order valence-electron chi connectivity index (χ4n) is 10.2. The van der Waals surface area contributed by atoms with E-state index in [-0.39, 0.29) is 28.8 Å². The van der Waals surface area contributed by atoms with Gasteiger partial charge in [-0.2, -0.15) is 0 Å². The van der Waals surface area contributed by atoms with Gasteiger partial charge < -0.3 is 14.2 Å². The van der Waals surface area contributed by atoms with Gasteiger partial charge in [-0.25, -0.2) is 4.79 Å². The Morgan fingerprint density at radius 2 is 1.57 bits per heavy atom. The van der Waals surface area contributed by atoms with Gasteiger partial charge in [0.25, 0.3) is 6.29 Å². The Balaban J connectivity index is 1.63. The second-order valence-electron chi connectivity index (χ2n) is 13.5. The third kappa shape index (κ3) is 3.37. The zero-order valence-electron chi connectivity index (χ0n) is 22.4. The van der Waals surface area contributed by atoms with E-state index in [1.165, 1.54) is 39.5 Å². The van der Waals surface area contributed by atoms with Crippen LogP contribution in [0.1, 0.15) is 93.4 Å². The van der Waals surface area contributed by atoms with Crippen LogP contribution in [-0.2, 0) is 28.6 Å². The highest BCUT2D eigenvalue weighted by atomic mass is 16.7. The first-order chi connectivity index (χ1) is 16.2. The Labute approximate surface area is 209 Å². The van der Waals surface area contributed by atoms with Crippen molar-refractivity contribution in [2.75, 3.05) is 0 Å². The van der Waals surface area contributed by atoms with Crippen molar-refractivity contribution in [3.8, 4) is 0 Å². The molecule has 0 radical (unpaired) electrons. The Morgan fingerprint density at radius 1 is 0.914 bits per heavy atom. The number of esters is 3. The summed E-state index contributed by atoms with van der Waals surface area (Å²) in [6, 6.07) is 0. The van der Waals surface area contributed by atoms with E-state index in [2.05, 4.69) is 34.6 Å². The molecule has 0 aromatic carbocycles. The van der Waals surface area contributed by atoms with Crippen molar-refractivity contribution in [2.45, 2.75) is 106 Å². The van der Waals surface area contributed by atoms with Crippen molar-refractivity contribution in [2.24, 2.45) is 45.3 Å². The average Bonchev–Trinajstić information content (AvgIpc) is 3.04. The first kappa shape index (κ1) is 24.8. The molecule has 0 spiro atoms. The molecule has 1 heterocycles. The molecule has 6 heteroatoms. The van der Waals surface area contributed by atoms with Gasteiger partial charge in [0.1, 0.15) is 6.10 Å². The maximum Gasteiger partial charge on any atom is 0.337 e. The minimum atomic E-state index is -0.974. The molecule has 9 atom stereocenters. The van der Waals surface area contributed by atoms with Gasteiger partial charge in [0.05, 0.1) is 5.92 Å². The maximum absolute atomic E-state index is 12.8. The van der Waals surface area contributed by atoms with E-state index in [4.69, 9.17) is 14.2 Å². The van der Waals surface area contributed by atoms with Crippen molar-refractivity contribution in [1.82, 2.24) is 0 Å². The predicted octanol–water partition coefficient (Wildman–Crippen LogP) is 5.59. The number of ether oxygens (including phenoxy) is 3. The fraction of sp³-hybridized carbons (Fsp3) is 0.828. The zero-order chi connectivity index (χ0) is 25.6. The van der Waals surface area contributed by atoms with E-state index < -0.39 is 29.6 Å². The van der Waals surface area contributed by atoms with Crippen LogP contribution in [0.25, 0.3) is 0 Å². The molecule has 0 N–H and O–H groups in total. The highest BCUT2D eigenvalue weighted by Gasteiger charge is 2.71.